The summed E-state index contributed by atoms with van der Waals surface area (Å²) in [5.41, 5.74) is 1.57. The van der Waals surface area contributed by atoms with E-state index in [9.17, 15) is 18.4 Å². The van der Waals surface area contributed by atoms with Crippen LogP contribution in [0.5, 0.6) is 0 Å². The number of amides is 1. The van der Waals surface area contributed by atoms with Crippen LogP contribution in [0, 0.1) is 11.6 Å². The van der Waals surface area contributed by atoms with Gasteiger partial charge in [-0.15, -0.1) is 0 Å². The Balaban J connectivity index is 1.69. The van der Waals surface area contributed by atoms with Gasteiger partial charge in [-0.3, -0.25) is 4.79 Å². The summed E-state index contributed by atoms with van der Waals surface area (Å²) in [6.07, 6.45) is 0. The summed E-state index contributed by atoms with van der Waals surface area (Å²) >= 11 is 0. The van der Waals surface area contributed by atoms with Crippen LogP contribution >= 0.6 is 0 Å². The van der Waals surface area contributed by atoms with Crippen molar-refractivity contribution in [3.8, 4) is 0 Å². The second-order valence-corrected chi connectivity index (χ2v) is 6.46. The molecule has 3 aromatic carbocycles. The van der Waals surface area contributed by atoms with Crippen LogP contribution in [0.1, 0.15) is 21.5 Å². The molecule has 6 heteroatoms. The van der Waals surface area contributed by atoms with Gasteiger partial charge in [0.2, 0.25) is 0 Å². The van der Waals surface area contributed by atoms with E-state index in [1.807, 2.05) is 60.7 Å². The van der Waals surface area contributed by atoms with Crippen LogP contribution in [0.2, 0.25) is 0 Å². The van der Waals surface area contributed by atoms with Gasteiger partial charge in [-0.05, 0) is 23.3 Å². The van der Waals surface area contributed by atoms with E-state index in [0.29, 0.717) is 19.2 Å². The van der Waals surface area contributed by atoms with Crippen LogP contribution in [0.15, 0.2) is 78.9 Å². The highest BCUT2D eigenvalue weighted by molar-refractivity contribution is 5.91. The number of ether oxygens (including phenoxy) is 1. The van der Waals surface area contributed by atoms with Gasteiger partial charge in [0.15, 0.2) is 6.61 Å². The minimum absolute atomic E-state index is 0.284. The summed E-state index contributed by atoms with van der Waals surface area (Å²) in [6.45, 7) is 0.137. The fraction of sp³-hybridized carbons (Fsp3) is 0.130. The van der Waals surface area contributed by atoms with E-state index in [1.54, 1.807) is 4.90 Å². The SMILES string of the molecule is O=C(OCC(=O)N(Cc1ccccc1)Cc1ccccc1)c1cc(F)cc(F)c1. The maximum absolute atomic E-state index is 13.3. The Labute approximate surface area is 167 Å². The van der Waals surface area contributed by atoms with Gasteiger partial charge in [0, 0.05) is 19.2 Å². The van der Waals surface area contributed by atoms with Crippen molar-refractivity contribution in [3.63, 3.8) is 0 Å². The molecule has 0 atom stereocenters. The Morgan fingerprint density at radius 2 is 1.24 bits per heavy atom. The lowest BCUT2D eigenvalue weighted by atomic mass is 10.1. The van der Waals surface area contributed by atoms with Crippen LogP contribution in [0.4, 0.5) is 8.78 Å². The quantitative estimate of drug-likeness (QED) is 0.559. The number of carbonyl (C=O) groups excluding carboxylic acids is 2. The molecule has 0 bridgehead atoms. The van der Waals surface area contributed by atoms with Gasteiger partial charge in [0.1, 0.15) is 11.6 Å². The second kappa shape index (κ2) is 9.59. The Hall–Kier alpha value is -3.54. The van der Waals surface area contributed by atoms with E-state index < -0.39 is 30.1 Å². The van der Waals surface area contributed by atoms with Crippen LogP contribution in [0.3, 0.4) is 0 Å². The predicted molar refractivity (Wildman–Crippen MR) is 104 cm³/mol. The highest BCUT2D eigenvalue weighted by Gasteiger charge is 2.18. The van der Waals surface area contributed by atoms with Crippen LogP contribution in [-0.2, 0) is 22.6 Å². The predicted octanol–water partition coefficient (Wildman–Crippen LogP) is 4.35. The van der Waals surface area contributed by atoms with Crippen molar-refractivity contribution in [3.05, 3.63) is 107 Å². The monoisotopic (exact) mass is 395 g/mol. The van der Waals surface area contributed by atoms with Crippen molar-refractivity contribution >= 4 is 11.9 Å². The first-order valence-corrected chi connectivity index (χ1v) is 9.00. The summed E-state index contributed by atoms with van der Waals surface area (Å²) < 4.78 is 31.5. The van der Waals surface area contributed by atoms with E-state index in [-0.39, 0.29) is 5.56 Å². The summed E-state index contributed by atoms with van der Waals surface area (Å²) in [7, 11) is 0. The first-order valence-electron chi connectivity index (χ1n) is 9.00. The van der Waals surface area contributed by atoms with Crippen molar-refractivity contribution in [1.29, 1.82) is 0 Å². The molecule has 3 aromatic rings. The molecule has 0 heterocycles. The Morgan fingerprint density at radius 3 is 1.72 bits per heavy atom. The molecule has 148 valence electrons. The third kappa shape index (κ3) is 5.97. The van der Waals surface area contributed by atoms with Crippen molar-refractivity contribution < 1.29 is 23.1 Å². The summed E-state index contributed by atoms with van der Waals surface area (Å²) in [5, 5.41) is 0. The van der Waals surface area contributed by atoms with Gasteiger partial charge in [-0.1, -0.05) is 60.7 Å². The standard InChI is InChI=1S/C23H19F2NO3/c24-20-11-19(12-21(25)13-20)23(28)29-16-22(27)26(14-17-7-3-1-4-8-17)15-18-9-5-2-6-10-18/h1-13H,14-16H2. The van der Waals surface area contributed by atoms with E-state index in [2.05, 4.69) is 0 Å². The zero-order valence-corrected chi connectivity index (χ0v) is 15.6. The van der Waals surface area contributed by atoms with E-state index >= 15 is 0 Å². The molecule has 3 rings (SSSR count). The first-order chi connectivity index (χ1) is 14.0. The molecule has 0 unspecified atom stereocenters. The molecule has 0 aliphatic rings. The molecular formula is C23H19F2NO3. The lowest BCUT2D eigenvalue weighted by Gasteiger charge is -2.23. The minimum Gasteiger partial charge on any atom is -0.452 e. The molecule has 0 aromatic heterocycles. The number of carbonyl (C=O) groups is 2. The average molecular weight is 395 g/mol. The third-order valence-electron chi connectivity index (χ3n) is 4.21. The maximum Gasteiger partial charge on any atom is 0.338 e. The average Bonchev–Trinajstić information content (AvgIpc) is 2.72. The molecule has 0 N–H and O–H groups in total. The third-order valence-corrected chi connectivity index (χ3v) is 4.21. The number of esters is 1. The van der Waals surface area contributed by atoms with Crippen molar-refractivity contribution in [2.24, 2.45) is 0 Å². The minimum atomic E-state index is -0.962. The Bertz CT molecular complexity index is 916. The van der Waals surface area contributed by atoms with Gasteiger partial charge in [-0.25, -0.2) is 13.6 Å². The highest BCUT2D eigenvalue weighted by Crippen LogP contribution is 2.12. The zero-order chi connectivity index (χ0) is 20.6. The number of benzene rings is 3. The van der Waals surface area contributed by atoms with Crippen LogP contribution in [-0.4, -0.2) is 23.4 Å². The summed E-state index contributed by atoms with van der Waals surface area (Å²) in [4.78, 5) is 26.3. The molecule has 0 spiro atoms. The van der Waals surface area contributed by atoms with Gasteiger partial charge >= 0.3 is 5.97 Å². The molecule has 0 fully saturated rings. The smallest absolute Gasteiger partial charge is 0.338 e. The van der Waals surface area contributed by atoms with Crippen molar-refractivity contribution in [2.75, 3.05) is 6.61 Å². The van der Waals surface area contributed by atoms with Gasteiger partial charge in [-0.2, -0.15) is 0 Å². The molecule has 0 saturated carbocycles. The number of hydrogen-bond donors (Lipinski definition) is 0. The topological polar surface area (TPSA) is 46.6 Å². The molecular weight excluding hydrogens is 376 g/mol. The molecule has 29 heavy (non-hydrogen) atoms. The van der Waals surface area contributed by atoms with Gasteiger partial charge in [0.25, 0.3) is 5.91 Å². The molecule has 0 saturated heterocycles. The molecule has 0 aliphatic heterocycles. The Kier molecular flexibility index (Phi) is 6.68. The van der Waals surface area contributed by atoms with Crippen molar-refractivity contribution in [1.82, 2.24) is 4.90 Å². The number of halogens is 2. The first kappa shape index (κ1) is 20.2. The fourth-order valence-corrected chi connectivity index (χ4v) is 2.81. The summed E-state index contributed by atoms with van der Waals surface area (Å²) in [5.74, 6) is -3.16. The number of nitrogens with zero attached hydrogens (tertiary/aromatic N) is 1. The normalized spacial score (nSPS) is 10.4. The van der Waals surface area contributed by atoms with Crippen LogP contribution < -0.4 is 0 Å². The fourth-order valence-electron chi connectivity index (χ4n) is 2.81. The number of hydrogen-bond acceptors (Lipinski definition) is 3. The van der Waals surface area contributed by atoms with E-state index in [0.717, 1.165) is 23.3 Å². The van der Waals surface area contributed by atoms with Crippen LogP contribution in [0.25, 0.3) is 0 Å². The van der Waals surface area contributed by atoms with Gasteiger partial charge < -0.3 is 9.64 Å². The molecule has 0 aliphatic carbocycles. The highest BCUT2D eigenvalue weighted by atomic mass is 19.1. The molecule has 4 nitrogen and oxygen atoms in total. The molecule has 0 radical (unpaired) electrons. The Morgan fingerprint density at radius 1 is 0.759 bits per heavy atom. The van der Waals surface area contributed by atoms with E-state index in [1.165, 1.54) is 0 Å². The number of rotatable bonds is 7. The van der Waals surface area contributed by atoms with E-state index in [4.69, 9.17) is 4.74 Å². The lowest BCUT2D eigenvalue weighted by Crippen LogP contribution is -2.34. The van der Waals surface area contributed by atoms with Gasteiger partial charge in [0.05, 0.1) is 5.56 Å². The zero-order valence-electron chi connectivity index (χ0n) is 15.6. The molecule has 1 amide bonds. The summed E-state index contributed by atoms with van der Waals surface area (Å²) in [6, 6.07) is 21.2. The largest absolute Gasteiger partial charge is 0.452 e. The maximum atomic E-state index is 13.3. The van der Waals surface area contributed by atoms with Crippen molar-refractivity contribution in [2.45, 2.75) is 13.1 Å². The second-order valence-electron chi connectivity index (χ2n) is 6.46. The lowest BCUT2D eigenvalue weighted by molar-refractivity contribution is -0.135.